The largest absolute Gasteiger partial charge is 0.506 e. The molecule has 0 atom stereocenters. The van der Waals surface area contributed by atoms with Crippen LogP contribution < -0.4 is 15.2 Å². The van der Waals surface area contributed by atoms with Crippen LogP contribution in [0.2, 0.25) is 4.47 Å². The van der Waals surface area contributed by atoms with Crippen LogP contribution >= 0.6 is 22.9 Å². The van der Waals surface area contributed by atoms with E-state index in [2.05, 4.69) is 15.0 Å². The van der Waals surface area contributed by atoms with Gasteiger partial charge in [0, 0.05) is 11.1 Å². The minimum absolute atomic E-state index is 0.0263. The first-order chi connectivity index (χ1) is 13.5. The zero-order valence-electron chi connectivity index (χ0n) is 14.5. The van der Waals surface area contributed by atoms with Gasteiger partial charge in [-0.15, -0.1) is 11.3 Å². The van der Waals surface area contributed by atoms with Gasteiger partial charge in [0.25, 0.3) is 10.0 Å². The van der Waals surface area contributed by atoms with Crippen LogP contribution in [0.25, 0.3) is 0 Å². The Balaban J connectivity index is 1.83. The topological polar surface area (TPSA) is 151 Å². The van der Waals surface area contributed by atoms with Crippen molar-refractivity contribution in [3.05, 3.63) is 58.0 Å². The highest BCUT2D eigenvalue weighted by atomic mass is 35.5. The van der Waals surface area contributed by atoms with Crippen LogP contribution in [-0.2, 0) is 26.6 Å². The molecule has 29 heavy (non-hydrogen) atoms. The van der Waals surface area contributed by atoms with Crippen molar-refractivity contribution in [2.75, 3.05) is 10.0 Å². The SMILES string of the molecule is NS(=O)(=O)c1cccc(NS(=O)(=O)c2ccc(O)c(NCc3cnc(Cl)s3)c2)c1. The first-order valence-electron chi connectivity index (χ1n) is 7.87. The molecular weight excluding hydrogens is 460 g/mol. The third-order valence-electron chi connectivity index (χ3n) is 3.67. The highest BCUT2D eigenvalue weighted by Crippen LogP contribution is 2.29. The molecule has 1 heterocycles. The summed E-state index contributed by atoms with van der Waals surface area (Å²) >= 11 is 7.02. The molecule has 0 aliphatic carbocycles. The minimum Gasteiger partial charge on any atom is -0.506 e. The fraction of sp³-hybridized carbons (Fsp3) is 0.0625. The maximum absolute atomic E-state index is 12.7. The first-order valence-corrected chi connectivity index (χ1v) is 12.1. The van der Waals surface area contributed by atoms with Gasteiger partial charge in [0.15, 0.2) is 4.47 Å². The van der Waals surface area contributed by atoms with E-state index in [1.165, 1.54) is 47.7 Å². The molecule has 0 saturated heterocycles. The number of benzene rings is 2. The van der Waals surface area contributed by atoms with Crippen LogP contribution in [0.15, 0.2) is 58.5 Å². The molecule has 3 aromatic rings. The molecule has 0 aliphatic heterocycles. The fourth-order valence-electron chi connectivity index (χ4n) is 2.32. The molecule has 9 nitrogen and oxygen atoms in total. The van der Waals surface area contributed by atoms with Crippen molar-refractivity contribution in [2.45, 2.75) is 16.3 Å². The van der Waals surface area contributed by atoms with Crippen molar-refractivity contribution >= 4 is 54.4 Å². The van der Waals surface area contributed by atoms with E-state index in [1.54, 1.807) is 6.20 Å². The maximum Gasteiger partial charge on any atom is 0.261 e. The lowest BCUT2D eigenvalue weighted by atomic mass is 10.3. The second-order valence-electron chi connectivity index (χ2n) is 5.79. The van der Waals surface area contributed by atoms with Gasteiger partial charge < -0.3 is 10.4 Å². The number of aromatic hydroxyl groups is 1. The number of rotatable bonds is 7. The average Bonchev–Trinajstić information content (AvgIpc) is 3.05. The summed E-state index contributed by atoms with van der Waals surface area (Å²) in [5.74, 6) is -0.143. The number of thiazole rings is 1. The summed E-state index contributed by atoms with van der Waals surface area (Å²) < 4.78 is 50.9. The molecule has 0 radical (unpaired) electrons. The molecule has 5 N–H and O–H groups in total. The van der Waals surface area contributed by atoms with E-state index in [1.807, 2.05) is 0 Å². The van der Waals surface area contributed by atoms with Gasteiger partial charge >= 0.3 is 0 Å². The molecule has 0 saturated carbocycles. The van der Waals surface area contributed by atoms with Gasteiger partial charge in [-0.05, 0) is 36.4 Å². The Bertz CT molecular complexity index is 1260. The predicted octanol–water partition coefficient (Wildman–Crippen LogP) is 2.56. The smallest absolute Gasteiger partial charge is 0.261 e. The molecular formula is C16H15ClN4O5S3. The van der Waals surface area contributed by atoms with E-state index in [0.717, 1.165) is 10.9 Å². The van der Waals surface area contributed by atoms with E-state index in [0.29, 0.717) is 4.47 Å². The van der Waals surface area contributed by atoms with Crippen LogP contribution in [0.3, 0.4) is 0 Å². The highest BCUT2D eigenvalue weighted by Gasteiger charge is 2.18. The molecule has 3 rings (SSSR count). The lowest BCUT2D eigenvalue weighted by Gasteiger charge is -2.12. The number of nitrogens with two attached hydrogens (primary N) is 1. The summed E-state index contributed by atoms with van der Waals surface area (Å²) in [5, 5.41) is 18.0. The van der Waals surface area contributed by atoms with Gasteiger partial charge in [0.1, 0.15) is 5.75 Å². The number of hydrogen-bond donors (Lipinski definition) is 4. The van der Waals surface area contributed by atoms with E-state index in [9.17, 15) is 21.9 Å². The van der Waals surface area contributed by atoms with Crippen molar-refractivity contribution in [3.8, 4) is 5.75 Å². The van der Waals surface area contributed by atoms with Crippen molar-refractivity contribution in [1.82, 2.24) is 4.98 Å². The Morgan fingerprint density at radius 3 is 2.52 bits per heavy atom. The van der Waals surface area contributed by atoms with Crippen molar-refractivity contribution in [3.63, 3.8) is 0 Å². The van der Waals surface area contributed by atoms with Gasteiger partial charge in [0.05, 0.1) is 27.7 Å². The summed E-state index contributed by atoms with van der Waals surface area (Å²) in [4.78, 5) is 4.33. The molecule has 154 valence electrons. The number of nitrogens with one attached hydrogen (secondary N) is 2. The van der Waals surface area contributed by atoms with E-state index >= 15 is 0 Å². The fourth-order valence-corrected chi connectivity index (χ4v) is 4.87. The van der Waals surface area contributed by atoms with Crippen molar-refractivity contribution in [2.24, 2.45) is 5.14 Å². The first kappa shape index (κ1) is 21.3. The Labute approximate surface area is 176 Å². The molecule has 2 aromatic carbocycles. The number of halogens is 1. The zero-order valence-corrected chi connectivity index (χ0v) is 17.7. The summed E-state index contributed by atoms with van der Waals surface area (Å²) in [6, 6.07) is 8.82. The van der Waals surface area contributed by atoms with Crippen LogP contribution in [0.4, 0.5) is 11.4 Å². The molecule has 0 fully saturated rings. The molecule has 0 unspecified atom stereocenters. The molecule has 13 heteroatoms. The third-order valence-corrected chi connectivity index (χ3v) is 7.08. The summed E-state index contributed by atoms with van der Waals surface area (Å²) in [7, 11) is -8.04. The van der Waals surface area contributed by atoms with E-state index in [4.69, 9.17) is 16.7 Å². The summed E-state index contributed by atoms with van der Waals surface area (Å²) in [5.41, 5.74) is 0.217. The predicted molar refractivity (Wildman–Crippen MR) is 111 cm³/mol. The number of phenolic OH excluding ortho intramolecular Hbond substituents is 1. The van der Waals surface area contributed by atoms with Crippen LogP contribution in [-0.4, -0.2) is 26.9 Å². The normalized spacial score (nSPS) is 11.9. The van der Waals surface area contributed by atoms with E-state index in [-0.39, 0.29) is 33.5 Å². The van der Waals surface area contributed by atoms with Crippen LogP contribution in [0.5, 0.6) is 5.75 Å². The monoisotopic (exact) mass is 474 g/mol. The third kappa shape index (κ3) is 5.36. The number of phenols is 1. The minimum atomic E-state index is -4.06. The lowest BCUT2D eigenvalue weighted by molar-refractivity contribution is 0.476. The van der Waals surface area contributed by atoms with Gasteiger partial charge in [-0.25, -0.2) is 27.0 Å². The van der Waals surface area contributed by atoms with Crippen LogP contribution in [0.1, 0.15) is 4.88 Å². The van der Waals surface area contributed by atoms with Gasteiger partial charge in [-0.1, -0.05) is 17.7 Å². The van der Waals surface area contributed by atoms with Gasteiger partial charge in [-0.2, -0.15) is 0 Å². The lowest BCUT2D eigenvalue weighted by Crippen LogP contribution is -2.15. The highest BCUT2D eigenvalue weighted by molar-refractivity contribution is 7.92. The number of anilines is 2. The summed E-state index contributed by atoms with van der Waals surface area (Å²) in [6.45, 7) is 0.283. The quantitative estimate of drug-likeness (QED) is 0.384. The second kappa shape index (κ2) is 8.16. The van der Waals surface area contributed by atoms with Crippen LogP contribution in [0, 0.1) is 0 Å². The molecule has 0 aliphatic rings. The summed E-state index contributed by atoms with van der Waals surface area (Å²) in [6.07, 6.45) is 1.57. The van der Waals surface area contributed by atoms with Gasteiger partial charge in [0.2, 0.25) is 10.0 Å². The second-order valence-corrected chi connectivity index (χ2v) is 10.7. The number of aromatic nitrogens is 1. The molecule has 0 spiro atoms. The molecule has 0 bridgehead atoms. The number of sulfonamides is 2. The standard InChI is InChI=1S/C16H15ClN4O5S3/c17-16-20-9-11(27-16)8-19-14-7-13(4-5-15(14)22)29(25,26)21-10-2-1-3-12(6-10)28(18,23)24/h1-7,9,19,21-22H,8H2,(H2,18,23,24). The Morgan fingerprint density at radius 2 is 1.86 bits per heavy atom. The Morgan fingerprint density at radius 1 is 1.10 bits per heavy atom. The molecule has 1 aromatic heterocycles. The van der Waals surface area contributed by atoms with E-state index < -0.39 is 20.0 Å². The Kier molecular flexibility index (Phi) is 6.00. The average molecular weight is 475 g/mol. The number of primary sulfonamides is 1. The van der Waals surface area contributed by atoms with Crippen molar-refractivity contribution in [1.29, 1.82) is 0 Å². The Hall–Kier alpha value is -2.38. The molecule has 0 amide bonds. The maximum atomic E-state index is 12.7. The number of nitrogens with zero attached hydrogens (tertiary/aromatic N) is 1. The number of hydrogen-bond acceptors (Lipinski definition) is 8. The van der Waals surface area contributed by atoms with Gasteiger partial charge in [-0.3, -0.25) is 4.72 Å². The zero-order chi connectivity index (χ0) is 21.2. The van der Waals surface area contributed by atoms with Crippen molar-refractivity contribution < 1.29 is 21.9 Å².